The summed E-state index contributed by atoms with van der Waals surface area (Å²) in [5, 5.41) is 18.7. The number of hydrogen-bond donors (Lipinski definition) is 7. The number of aliphatic carboxylic acids is 1. The first-order valence-corrected chi connectivity index (χ1v) is 15.2. The van der Waals surface area contributed by atoms with Crippen molar-refractivity contribution in [2.75, 3.05) is 18.6 Å². The maximum absolute atomic E-state index is 13.4. The van der Waals surface area contributed by atoms with Gasteiger partial charge in [0, 0.05) is 17.1 Å². The van der Waals surface area contributed by atoms with E-state index >= 15 is 0 Å². The fourth-order valence-corrected chi connectivity index (χ4v) is 4.86. The predicted octanol–water partition coefficient (Wildman–Crippen LogP) is 1.50. The van der Waals surface area contributed by atoms with Gasteiger partial charge < -0.3 is 37.5 Å². The maximum Gasteiger partial charge on any atom is 0.326 e. The van der Waals surface area contributed by atoms with Gasteiger partial charge in [0.2, 0.25) is 17.7 Å². The van der Waals surface area contributed by atoms with Crippen molar-refractivity contribution >= 4 is 46.4 Å². The number of benzene rings is 1. The van der Waals surface area contributed by atoms with E-state index in [4.69, 9.17) is 11.5 Å². The van der Waals surface area contributed by atoms with Gasteiger partial charge in [-0.3, -0.25) is 14.4 Å². The molecule has 1 aromatic heterocycles. The van der Waals surface area contributed by atoms with Crippen LogP contribution in [0.2, 0.25) is 0 Å². The standard InChI is InChI=1S/C28H44N6O5S/c1-4-17(2)24(28(38)39)34-27(37)23(12-14-40-3)33-26(36)22(11-7-8-13-29)32-25(35)20(30)15-18-16-31-21-10-6-5-9-19(18)21/h5-6,9-10,16-17,20,22-24,31H,4,7-8,11-15,29-30H2,1-3H3,(H,32,35)(H,33,36)(H,34,37)(H,38,39). The lowest BCUT2D eigenvalue weighted by Crippen LogP contribution is -2.58. The number of para-hydroxylation sites is 1. The van der Waals surface area contributed by atoms with Gasteiger partial charge >= 0.3 is 5.97 Å². The molecular formula is C28H44N6O5S. The number of rotatable bonds is 18. The highest BCUT2D eigenvalue weighted by Crippen LogP contribution is 2.19. The molecule has 11 nitrogen and oxygen atoms in total. The van der Waals surface area contributed by atoms with Crippen molar-refractivity contribution in [2.24, 2.45) is 17.4 Å². The molecule has 5 atom stereocenters. The van der Waals surface area contributed by atoms with Crippen LogP contribution in [0.15, 0.2) is 30.5 Å². The summed E-state index contributed by atoms with van der Waals surface area (Å²) in [4.78, 5) is 54.4. The molecule has 9 N–H and O–H groups in total. The molecule has 3 amide bonds. The summed E-state index contributed by atoms with van der Waals surface area (Å²) in [5.74, 6) is -2.43. The van der Waals surface area contributed by atoms with Crippen molar-refractivity contribution in [3.63, 3.8) is 0 Å². The summed E-state index contributed by atoms with van der Waals surface area (Å²) >= 11 is 1.50. The number of carboxylic acid groups (broad SMARTS) is 1. The molecule has 0 aliphatic heterocycles. The van der Waals surface area contributed by atoms with Crippen molar-refractivity contribution in [2.45, 2.75) is 76.5 Å². The molecule has 40 heavy (non-hydrogen) atoms. The van der Waals surface area contributed by atoms with E-state index in [1.165, 1.54) is 11.8 Å². The van der Waals surface area contributed by atoms with E-state index in [2.05, 4.69) is 20.9 Å². The first-order chi connectivity index (χ1) is 19.1. The fraction of sp³-hybridized carbons (Fsp3) is 0.571. The molecule has 0 aliphatic carbocycles. The Kier molecular flexibility index (Phi) is 14.0. The normalized spacial score (nSPS) is 15.0. The molecule has 0 radical (unpaired) electrons. The fourth-order valence-electron chi connectivity index (χ4n) is 4.38. The third-order valence-electron chi connectivity index (χ3n) is 7.05. The topological polar surface area (TPSA) is 192 Å². The number of fused-ring (bicyclic) bond motifs is 1. The first-order valence-electron chi connectivity index (χ1n) is 13.8. The number of thioether (sulfide) groups is 1. The van der Waals surface area contributed by atoms with E-state index in [-0.39, 0.29) is 12.3 Å². The number of H-pyrrole nitrogens is 1. The average Bonchev–Trinajstić information content (AvgIpc) is 3.35. The van der Waals surface area contributed by atoms with Gasteiger partial charge in [-0.05, 0) is 68.2 Å². The molecule has 0 aliphatic rings. The van der Waals surface area contributed by atoms with Gasteiger partial charge in [-0.25, -0.2) is 4.79 Å². The van der Waals surface area contributed by atoms with Gasteiger partial charge in [0.25, 0.3) is 0 Å². The van der Waals surface area contributed by atoms with Crippen molar-refractivity contribution in [3.8, 4) is 0 Å². The third-order valence-corrected chi connectivity index (χ3v) is 7.70. The summed E-state index contributed by atoms with van der Waals surface area (Å²) in [5.41, 5.74) is 13.7. The van der Waals surface area contributed by atoms with Crippen LogP contribution in [-0.2, 0) is 25.6 Å². The van der Waals surface area contributed by atoms with Crippen LogP contribution in [0, 0.1) is 5.92 Å². The molecule has 0 spiro atoms. The molecule has 0 saturated carbocycles. The Bertz CT molecular complexity index is 1130. The predicted molar refractivity (Wildman–Crippen MR) is 159 cm³/mol. The van der Waals surface area contributed by atoms with E-state index in [0.29, 0.717) is 44.4 Å². The van der Waals surface area contributed by atoms with Crippen LogP contribution in [0.4, 0.5) is 0 Å². The van der Waals surface area contributed by atoms with Crippen molar-refractivity contribution < 1.29 is 24.3 Å². The second kappa shape index (κ2) is 16.9. The Hall–Kier alpha value is -3.09. The van der Waals surface area contributed by atoms with E-state index in [0.717, 1.165) is 16.5 Å². The summed E-state index contributed by atoms with van der Waals surface area (Å²) in [6.07, 6.45) is 6.40. The van der Waals surface area contributed by atoms with Crippen LogP contribution >= 0.6 is 11.8 Å². The summed E-state index contributed by atoms with van der Waals surface area (Å²) < 4.78 is 0. The smallest absolute Gasteiger partial charge is 0.326 e. The van der Waals surface area contributed by atoms with Crippen LogP contribution in [-0.4, -0.2) is 76.5 Å². The second-order valence-electron chi connectivity index (χ2n) is 10.1. The minimum atomic E-state index is -1.13. The molecule has 1 aromatic carbocycles. The number of hydrogen-bond acceptors (Lipinski definition) is 7. The van der Waals surface area contributed by atoms with Gasteiger partial charge in [-0.1, -0.05) is 38.5 Å². The Morgan fingerprint density at radius 1 is 1.00 bits per heavy atom. The average molecular weight is 577 g/mol. The zero-order valence-corrected chi connectivity index (χ0v) is 24.4. The van der Waals surface area contributed by atoms with E-state index in [1.54, 1.807) is 6.92 Å². The third kappa shape index (κ3) is 9.83. The van der Waals surface area contributed by atoms with Crippen LogP contribution in [0.25, 0.3) is 10.9 Å². The molecule has 0 fully saturated rings. The highest BCUT2D eigenvalue weighted by Gasteiger charge is 2.31. The van der Waals surface area contributed by atoms with E-state index in [1.807, 2.05) is 43.6 Å². The molecule has 12 heteroatoms. The minimum absolute atomic E-state index is 0.276. The molecule has 0 bridgehead atoms. The molecule has 5 unspecified atom stereocenters. The summed E-state index contributed by atoms with van der Waals surface area (Å²) in [6, 6.07) is 3.85. The molecule has 2 aromatic rings. The minimum Gasteiger partial charge on any atom is -0.480 e. The van der Waals surface area contributed by atoms with E-state index in [9.17, 15) is 24.3 Å². The number of aromatic nitrogens is 1. The van der Waals surface area contributed by atoms with Crippen molar-refractivity contribution in [3.05, 3.63) is 36.0 Å². The van der Waals surface area contributed by atoms with Gasteiger partial charge in [-0.2, -0.15) is 11.8 Å². The summed E-state index contributed by atoms with van der Waals surface area (Å²) in [6.45, 7) is 4.03. The zero-order chi connectivity index (χ0) is 29.7. The lowest BCUT2D eigenvalue weighted by Gasteiger charge is -2.26. The second-order valence-corrected chi connectivity index (χ2v) is 11.1. The summed E-state index contributed by atoms with van der Waals surface area (Å²) in [7, 11) is 0. The SMILES string of the molecule is CCC(C)C(NC(=O)C(CCSC)NC(=O)C(CCCCN)NC(=O)C(N)Cc1c[nH]c2ccccc12)C(=O)O. The Balaban J connectivity index is 2.13. The highest BCUT2D eigenvalue weighted by molar-refractivity contribution is 7.98. The van der Waals surface area contributed by atoms with Crippen molar-refractivity contribution in [1.82, 2.24) is 20.9 Å². The lowest BCUT2D eigenvalue weighted by atomic mass is 9.98. The Morgan fingerprint density at radius 3 is 2.30 bits per heavy atom. The number of carbonyl (C=O) groups excluding carboxylic acids is 3. The number of nitrogens with one attached hydrogen (secondary N) is 4. The molecule has 2 rings (SSSR count). The molecule has 0 saturated heterocycles. The number of nitrogens with two attached hydrogens (primary N) is 2. The highest BCUT2D eigenvalue weighted by atomic mass is 32.2. The zero-order valence-electron chi connectivity index (χ0n) is 23.6. The van der Waals surface area contributed by atoms with Crippen LogP contribution in [0.1, 0.15) is 51.5 Å². The number of carbonyl (C=O) groups is 4. The largest absolute Gasteiger partial charge is 0.480 e. The quantitative estimate of drug-likeness (QED) is 0.130. The van der Waals surface area contributed by atoms with E-state index < -0.39 is 47.9 Å². The van der Waals surface area contributed by atoms with Gasteiger partial charge in [-0.15, -0.1) is 0 Å². The van der Waals surface area contributed by atoms with Crippen LogP contribution < -0.4 is 27.4 Å². The van der Waals surface area contributed by atoms with Gasteiger partial charge in [0.05, 0.1) is 6.04 Å². The lowest BCUT2D eigenvalue weighted by molar-refractivity contribution is -0.143. The molecule has 222 valence electrons. The molecule has 1 heterocycles. The Labute approximate surface area is 240 Å². The van der Waals surface area contributed by atoms with Gasteiger partial charge in [0.1, 0.15) is 18.1 Å². The van der Waals surface area contributed by atoms with Gasteiger partial charge in [0.15, 0.2) is 0 Å². The number of unbranched alkanes of at least 4 members (excludes halogenated alkanes) is 1. The van der Waals surface area contributed by atoms with Crippen LogP contribution in [0.3, 0.4) is 0 Å². The number of aromatic amines is 1. The molecular weight excluding hydrogens is 532 g/mol. The van der Waals surface area contributed by atoms with Crippen LogP contribution in [0.5, 0.6) is 0 Å². The number of carboxylic acids is 1. The monoisotopic (exact) mass is 576 g/mol. The van der Waals surface area contributed by atoms with Crippen molar-refractivity contribution in [1.29, 1.82) is 0 Å². The Morgan fingerprint density at radius 2 is 1.65 bits per heavy atom. The maximum atomic E-state index is 13.4. The first kappa shape index (κ1) is 33.1. The number of amides is 3.